The molecule has 3 aromatic heterocycles. The lowest BCUT2D eigenvalue weighted by Crippen LogP contribution is -2.37. The second kappa shape index (κ2) is 9.02. The van der Waals surface area contributed by atoms with Crippen LogP contribution >= 0.6 is 0 Å². The molecule has 5 rings (SSSR count). The summed E-state index contributed by atoms with van der Waals surface area (Å²) in [6.45, 7) is 4.66. The topological polar surface area (TPSA) is 117 Å². The van der Waals surface area contributed by atoms with Gasteiger partial charge in [0.25, 0.3) is 0 Å². The van der Waals surface area contributed by atoms with E-state index in [4.69, 9.17) is 20.0 Å². The van der Waals surface area contributed by atoms with Crippen molar-refractivity contribution in [2.45, 2.75) is 6.92 Å². The van der Waals surface area contributed by atoms with Gasteiger partial charge in [0, 0.05) is 19.3 Å². The minimum absolute atomic E-state index is 0.486. The number of hydrogen-bond donors (Lipinski definition) is 1. The fraction of sp³-hybridized carbons (Fsp3) is 0.217. The average Bonchev–Trinajstić information content (AvgIpc) is 3.29. The van der Waals surface area contributed by atoms with Crippen molar-refractivity contribution in [3.8, 4) is 11.9 Å². The Morgan fingerprint density at radius 3 is 2.79 bits per heavy atom. The van der Waals surface area contributed by atoms with Gasteiger partial charge in [-0.05, 0) is 24.6 Å². The van der Waals surface area contributed by atoms with E-state index in [1.54, 1.807) is 29.2 Å². The van der Waals surface area contributed by atoms with E-state index in [0.717, 1.165) is 11.1 Å². The molecule has 33 heavy (non-hydrogen) atoms. The monoisotopic (exact) mass is 439 g/mol. The van der Waals surface area contributed by atoms with Crippen LogP contribution in [0.4, 0.5) is 11.8 Å². The lowest BCUT2D eigenvalue weighted by Gasteiger charge is -2.27. The molecule has 10 nitrogen and oxygen atoms in total. The van der Waals surface area contributed by atoms with Gasteiger partial charge >= 0.3 is 0 Å². The van der Waals surface area contributed by atoms with Crippen LogP contribution in [0.5, 0.6) is 0 Å². The van der Waals surface area contributed by atoms with Gasteiger partial charge in [0.05, 0.1) is 25.0 Å². The number of rotatable bonds is 5. The zero-order chi connectivity index (χ0) is 22.6. The van der Waals surface area contributed by atoms with Gasteiger partial charge in [-0.2, -0.15) is 20.3 Å². The van der Waals surface area contributed by atoms with Gasteiger partial charge < -0.3 is 9.64 Å². The van der Waals surface area contributed by atoms with Gasteiger partial charge in [-0.25, -0.2) is 9.97 Å². The number of aromatic nitrogens is 5. The van der Waals surface area contributed by atoms with Crippen LogP contribution in [-0.2, 0) is 4.74 Å². The number of imidazole rings is 1. The number of aryl methyl sites for hydroxylation is 1. The van der Waals surface area contributed by atoms with E-state index in [1.807, 2.05) is 31.2 Å². The molecule has 0 unspecified atom stereocenters. The van der Waals surface area contributed by atoms with Crippen molar-refractivity contribution < 1.29 is 4.74 Å². The third kappa shape index (κ3) is 4.35. The SMILES string of the molecule is Cc1cccc(C=NNc2nc(N3CCOCC3)nc3c2ncn3-c2ccc(C#N)cn2)c1. The summed E-state index contributed by atoms with van der Waals surface area (Å²) in [4.78, 5) is 20.5. The van der Waals surface area contributed by atoms with E-state index < -0.39 is 0 Å². The number of pyridine rings is 1. The maximum absolute atomic E-state index is 9.06. The largest absolute Gasteiger partial charge is 0.378 e. The summed E-state index contributed by atoms with van der Waals surface area (Å²) in [6.07, 6.45) is 4.91. The number of benzene rings is 1. The lowest BCUT2D eigenvalue weighted by atomic mass is 10.2. The number of ether oxygens (including phenoxy) is 1. The van der Waals surface area contributed by atoms with Gasteiger partial charge in [-0.15, -0.1) is 0 Å². The van der Waals surface area contributed by atoms with Crippen LogP contribution in [0.15, 0.2) is 54.0 Å². The highest BCUT2D eigenvalue weighted by molar-refractivity contribution is 5.86. The average molecular weight is 439 g/mol. The van der Waals surface area contributed by atoms with Gasteiger partial charge in [-0.1, -0.05) is 29.8 Å². The van der Waals surface area contributed by atoms with Crippen LogP contribution in [0.25, 0.3) is 17.0 Å². The third-order valence-corrected chi connectivity index (χ3v) is 5.23. The molecule has 4 aromatic rings. The van der Waals surface area contributed by atoms with Crippen molar-refractivity contribution in [3.63, 3.8) is 0 Å². The maximum Gasteiger partial charge on any atom is 0.229 e. The number of nitrogens with zero attached hydrogens (tertiary/aromatic N) is 8. The third-order valence-electron chi connectivity index (χ3n) is 5.23. The molecule has 1 aliphatic rings. The molecule has 0 atom stereocenters. The molecule has 0 radical (unpaired) electrons. The second-order valence-electron chi connectivity index (χ2n) is 7.56. The highest BCUT2D eigenvalue weighted by Gasteiger charge is 2.20. The first-order chi connectivity index (χ1) is 16.2. The molecule has 10 heteroatoms. The van der Waals surface area contributed by atoms with E-state index in [1.165, 1.54) is 6.20 Å². The Kier molecular flexibility index (Phi) is 5.61. The number of nitrogens with one attached hydrogen (secondary N) is 1. The molecule has 0 spiro atoms. The van der Waals surface area contributed by atoms with E-state index >= 15 is 0 Å². The number of hydrazone groups is 1. The summed E-state index contributed by atoms with van der Waals surface area (Å²) in [6, 6.07) is 13.6. The van der Waals surface area contributed by atoms with Gasteiger partial charge in [0.1, 0.15) is 18.2 Å². The smallest absolute Gasteiger partial charge is 0.229 e. The fourth-order valence-corrected chi connectivity index (χ4v) is 3.55. The van der Waals surface area contributed by atoms with E-state index in [0.29, 0.717) is 60.6 Å². The molecule has 4 heterocycles. The summed E-state index contributed by atoms with van der Waals surface area (Å²) in [5.74, 6) is 1.67. The van der Waals surface area contributed by atoms with Crippen LogP contribution in [0.1, 0.15) is 16.7 Å². The quantitative estimate of drug-likeness (QED) is 0.373. The number of fused-ring (bicyclic) bond motifs is 1. The second-order valence-corrected chi connectivity index (χ2v) is 7.56. The number of morpholine rings is 1. The van der Waals surface area contributed by atoms with Gasteiger partial charge in [0.2, 0.25) is 5.95 Å². The summed E-state index contributed by atoms with van der Waals surface area (Å²) >= 11 is 0. The Hall–Kier alpha value is -4.36. The zero-order valence-electron chi connectivity index (χ0n) is 18.0. The fourth-order valence-electron chi connectivity index (χ4n) is 3.55. The van der Waals surface area contributed by atoms with Crippen LogP contribution in [0.2, 0.25) is 0 Å². The lowest BCUT2D eigenvalue weighted by molar-refractivity contribution is 0.122. The molecular weight excluding hydrogens is 418 g/mol. The van der Waals surface area contributed by atoms with E-state index in [-0.39, 0.29) is 0 Å². The first-order valence-electron chi connectivity index (χ1n) is 10.5. The van der Waals surface area contributed by atoms with Crippen molar-refractivity contribution in [1.82, 2.24) is 24.5 Å². The van der Waals surface area contributed by atoms with Crippen LogP contribution in [-0.4, -0.2) is 57.0 Å². The predicted octanol–water partition coefficient (Wildman–Crippen LogP) is 2.67. The Morgan fingerprint density at radius 2 is 2.03 bits per heavy atom. The first-order valence-corrected chi connectivity index (χ1v) is 10.5. The minimum Gasteiger partial charge on any atom is -0.378 e. The van der Waals surface area contributed by atoms with Crippen molar-refractivity contribution in [2.75, 3.05) is 36.6 Å². The molecule has 0 aliphatic carbocycles. The number of anilines is 2. The molecule has 1 N–H and O–H groups in total. The zero-order valence-corrected chi connectivity index (χ0v) is 18.0. The minimum atomic E-state index is 0.486. The van der Waals surface area contributed by atoms with Crippen molar-refractivity contribution >= 4 is 29.1 Å². The summed E-state index contributed by atoms with van der Waals surface area (Å²) in [5.41, 5.74) is 6.83. The van der Waals surface area contributed by atoms with Crippen LogP contribution in [0.3, 0.4) is 0 Å². The van der Waals surface area contributed by atoms with Crippen LogP contribution in [0, 0.1) is 18.3 Å². The molecule has 0 amide bonds. The standard InChI is InChI=1S/C23H21N9O/c1-16-3-2-4-17(11-16)14-27-30-21-20-22(29-23(28-21)31-7-9-33-10-8-31)32(15-26-20)19-6-5-18(12-24)13-25-19/h2-6,11,13-15H,7-10H2,1H3,(H,28,29,30). The number of nitriles is 1. The highest BCUT2D eigenvalue weighted by Crippen LogP contribution is 2.25. The Balaban J connectivity index is 1.55. The first kappa shape index (κ1) is 20.5. The summed E-state index contributed by atoms with van der Waals surface area (Å²) in [5, 5.41) is 13.4. The highest BCUT2D eigenvalue weighted by atomic mass is 16.5. The van der Waals surface area contributed by atoms with Crippen LogP contribution < -0.4 is 10.3 Å². The number of hydrogen-bond acceptors (Lipinski definition) is 9. The molecular formula is C23H21N9O. The Labute approximate surface area is 190 Å². The van der Waals surface area contributed by atoms with Crippen molar-refractivity contribution in [2.24, 2.45) is 5.10 Å². The maximum atomic E-state index is 9.06. The van der Waals surface area contributed by atoms with Gasteiger partial charge in [-0.3, -0.25) is 9.99 Å². The van der Waals surface area contributed by atoms with E-state index in [9.17, 15) is 0 Å². The Bertz CT molecular complexity index is 1350. The Morgan fingerprint density at radius 1 is 1.15 bits per heavy atom. The van der Waals surface area contributed by atoms with Gasteiger partial charge in [0.15, 0.2) is 17.0 Å². The molecule has 164 valence electrons. The van der Waals surface area contributed by atoms with Crippen molar-refractivity contribution in [1.29, 1.82) is 5.26 Å². The molecule has 1 aromatic carbocycles. The molecule has 1 saturated heterocycles. The molecule has 0 saturated carbocycles. The molecule has 1 aliphatic heterocycles. The normalized spacial score (nSPS) is 14.0. The molecule has 0 bridgehead atoms. The predicted molar refractivity (Wildman–Crippen MR) is 125 cm³/mol. The summed E-state index contributed by atoms with van der Waals surface area (Å²) < 4.78 is 7.25. The van der Waals surface area contributed by atoms with Crippen molar-refractivity contribution in [3.05, 3.63) is 65.6 Å². The molecule has 1 fully saturated rings. The summed E-state index contributed by atoms with van der Waals surface area (Å²) in [7, 11) is 0. The van der Waals surface area contributed by atoms with E-state index in [2.05, 4.69) is 31.5 Å².